The smallest absolute Gasteiger partial charge is 0.237 e. The van der Waals surface area contributed by atoms with Crippen LogP contribution in [0.1, 0.15) is 20.8 Å². The average molecular weight is 250 g/mol. The molecule has 1 rings (SSSR count). The number of para-hydroxylation sites is 1. The minimum Gasteiger partial charge on any atom is -0.489 e. The lowest BCUT2D eigenvalue weighted by Gasteiger charge is -2.19. The van der Waals surface area contributed by atoms with Gasteiger partial charge in [0, 0.05) is 0 Å². The maximum absolute atomic E-state index is 11.6. The highest BCUT2D eigenvalue weighted by molar-refractivity contribution is 5.81. The third-order valence-corrected chi connectivity index (χ3v) is 2.67. The van der Waals surface area contributed by atoms with E-state index in [1.54, 1.807) is 0 Å². The van der Waals surface area contributed by atoms with E-state index < -0.39 is 6.04 Å². The first kappa shape index (κ1) is 14.5. The van der Waals surface area contributed by atoms with Crippen LogP contribution in [0.5, 0.6) is 5.75 Å². The van der Waals surface area contributed by atoms with Crippen LogP contribution in [-0.4, -0.2) is 24.6 Å². The molecule has 2 atom stereocenters. The first-order valence-corrected chi connectivity index (χ1v) is 6.25. The first-order chi connectivity index (χ1) is 8.50. The monoisotopic (exact) mass is 250 g/mol. The lowest BCUT2D eigenvalue weighted by Crippen LogP contribution is -2.46. The van der Waals surface area contributed by atoms with Gasteiger partial charge in [0.05, 0.1) is 12.6 Å². The summed E-state index contributed by atoms with van der Waals surface area (Å²) >= 11 is 0. The number of carbonyl (C=O) groups excluding carboxylic acids is 1. The number of carbonyl (C=O) groups is 1. The number of nitrogens with one attached hydrogen (secondary N) is 1. The van der Waals surface area contributed by atoms with Crippen molar-refractivity contribution in [2.24, 2.45) is 11.7 Å². The van der Waals surface area contributed by atoms with Crippen molar-refractivity contribution in [2.75, 3.05) is 6.54 Å². The number of amides is 1. The molecular formula is C14H22N2O2. The van der Waals surface area contributed by atoms with Crippen molar-refractivity contribution in [3.05, 3.63) is 30.3 Å². The van der Waals surface area contributed by atoms with Gasteiger partial charge in [-0.15, -0.1) is 0 Å². The predicted octanol–water partition coefficient (Wildman–Crippen LogP) is 1.55. The van der Waals surface area contributed by atoms with E-state index in [-0.39, 0.29) is 17.9 Å². The summed E-state index contributed by atoms with van der Waals surface area (Å²) in [5, 5.41) is 2.79. The molecule has 1 aromatic carbocycles. The summed E-state index contributed by atoms with van der Waals surface area (Å²) in [5.74, 6) is 0.802. The fourth-order valence-corrected chi connectivity index (χ4v) is 1.44. The molecule has 0 aliphatic rings. The Kier molecular flexibility index (Phi) is 5.65. The molecule has 0 aliphatic carbocycles. The molecule has 0 fully saturated rings. The molecule has 3 N–H and O–H groups in total. The second-order valence-electron chi connectivity index (χ2n) is 4.76. The van der Waals surface area contributed by atoms with Crippen molar-refractivity contribution in [3.8, 4) is 5.75 Å². The zero-order valence-corrected chi connectivity index (χ0v) is 11.2. The van der Waals surface area contributed by atoms with Crippen LogP contribution in [0, 0.1) is 5.92 Å². The Morgan fingerprint density at radius 3 is 2.44 bits per heavy atom. The minimum atomic E-state index is -0.464. The van der Waals surface area contributed by atoms with Gasteiger partial charge in [-0.05, 0) is 25.0 Å². The summed E-state index contributed by atoms with van der Waals surface area (Å²) in [6, 6.07) is 9.07. The van der Waals surface area contributed by atoms with Gasteiger partial charge in [0.1, 0.15) is 11.9 Å². The van der Waals surface area contributed by atoms with E-state index in [4.69, 9.17) is 10.5 Å². The van der Waals surface area contributed by atoms with Gasteiger partial charge < -0.3 is 15.8 Å². The highest BCUT2D eigenvalue weighted by atomic mass is 16.5. The summed E-state index contributed by atoms with van der Waals surface area (Å²) in [6.07, 6.45) is -0.0873. The molecule has 4 heteroatoms. The van der Waals surface area contributed by atoms with E-state index >= 15 is 0 Å². The van der Waals surface area contributed by atoms with E-state index in [0.29, 0.717) is 6.54 Å². The molecule has 18 heavy (non-hydrogen) atoms. The largest absolute Gasteiger partial charge is 0.489 e. The van der Waals surface area contributed by atoms with Crippen molar-refractivity contribution in [2.45, 2.75) is 32.9 Å². The van der Waals surface area contributed by atoms with Crippen LogP contribution in [-0.2, 0) is 4.79 Å². The van der Waals surface area contributed by atoms with Crippen LogP contribution in [0.15, 0.2) is 30.3 Å². The van der Waals surface area contributed by atoms with Crippen molar-refractivity contribution in [3.63, 3.8) is 0 Å². The number of nitrogens with two attached hydrogens (primary N) is 1. The normalized spacial score (nSPS) is 14.1. The van der Waals surface area contributed by atoms with Crippen molar-refractivity contribution in [1.29, 1.82) is 0 Å². The molecule has 0 bridgehead atoms. The van der Waals surface area contributed by atoms with Crippen LogP contribution in [0.3, 0.4) is 0 Å². The van der Waals surface area contributed by atoms with Crippen molar-refractivity contribution in [1.82, 2.24) is 5.32 Å². The number of benzene rings is 1. The maximum Gasteiger partial charge on any atom is 0.237 e. The van der Waals surface area contributed by atoms with Crippen molar-refractivity contribution >= 4 is 5.91 Å². The van der Waals surface area contributed by atoms with Crippen LogP contribution < -0.4 is 15.8 Å². The fraction of sp³-hybridized carbons (Fsp3) is 0.500. The molecule has 1 aromatic rings. The van der Waals surface area contributed by atoms with Gasteiger partial charge in [-0.3, -0.25) is 4.79 Å². The summed E-state index contributed by atoms with van der Waals surface area (Å²) in [4.78, 5) is 11.6. The van der Waals surface area contributed by atoms with Gasteiger partial charge in [0.25, 0.3) is 0 Å². The molecule has 0 aliphatic heterocycles. The predicted molar refractivity (Wildman–Crippen MR) is 72.4 cm³/mol. The Hall–Kier alpha value is -1.55. The Bertz CT molecular complexity index is 365. The first-order valence-electron chi connectivity index (χ1n) is 6.25. The molecule has 0 aromatic heterocycles. The van der Waals surface area contributed by atoms with Crippen LogP contribution in [0.4, 0.5) is 0 Å². The zero-order valence-electron chi connectivity index (χ0n) is 11.2. The van der Waals surface area contributed by atoms with Gasteiger partial charge in [-0.25, -0.2) is 0 Å². The molecule has 0 spiro atoms. The van der Waals surface area contributed by atoms with Crippen molar-refractivity contribution < 1.29 is 9.53 Å². The minimum absolute atomic E-state index is 0.0873. The molecule has 100 valence electrons. The third kappa shape index (κ3) is 4.75. The number of rotatable bonds is 6. The molecule has 0 saturated carbocycles. The lowest BCUT2D eigenvalue weighted by atomic mass is 10.1. The van der Waals surface area contributed by atoms with Gasteiger partial charge in [0.2, 0.25) is 5.91 Å². The van der Waals surface area contributed by atoms with Gasteiger partial charge in [-0.2, -0.15) is 0 Å². The lowest BCUT2D eigenvalue weighted by molar-refractivity contribution is -0.123. The SMILES string of the molecule is CC(CNC(=O)[C@@H](N)C(C)C)Oc1ccccc1. The van der Waals surface area contributed by atoms with E-state index in [0.717, 1.165) is 5.75 Å². The Morgan fingerprint density at radius 1 is 1.28 bits per heavy atom. The van der Waals surface area contributed by atoms with Gasteiger partial charge >= 0.3 is 0 Å². The second-order valence-corrected chi connectivity index (χ2v) is 4.76. The quantitative estimate of drug-likeness (QED) is 0.805. The molecule has 0 radical (unpaired) electrons. The van der Waals surface area contributed by atoms with Gasteiger partial charge in [-0.1, -0.05) is 32.0 Å². The Balaban J connectivity index is 2.33. The number of hydrogen-bond acceptors (Lipinski definition) is 3. The highest BCUT2D eigenvalue weighted by Gasteiger charge is 2.17. The molecule has 0 saturated heterocycles. The molecule has 4 nitrogen and oxygen atoms in total. The average Bonchev–Trinajstić information content (AvgIpc) is 2.36. The van der Waals surface area contributed by atoms with Crippen LogP contribution in [0.25, 0.3) is 0 Å². The Morgan fingerprint density at radius 2 is 1.89 bits per heavy atom. The van der Waals surface area contributed by atoms with Crippen LogP contribution >= 0.6 is 0 Å². The fourth-order valence-electron chi connectivity index (χ4n) is 1.44. The molecule has 1 amide bonds. The third-order valence-electron chi connectivity index (χ3n) is 2.67. The maximum atomic E-state index is 11.6. The van der Waals surface area contributed by atoms with Gasteiger partial charge in [0.15, 0.2) is 0 Å². The summed E-state index contributed by atoms with van der Waals surface area (Å²) in [6.45, 7) is 6.21. The van der Waals surface area contributed by atoms with Crippen LogP contribution in [0.2, 0.25) is 0 Å². The highest BCUT2D eigenvalue weighted by Crippen LogP contribution is 2.10. The summed E-state index contributed by atoms with van der Waals surface area (Å²) in [7, 11) is 0. The molecular weight excluding hydrogens is 228 g/mol. The summed E-state index contributed by atoms with van der Waals surface area (Å²) < 4.78 is 5.65. The van der Waals surface area contributed by atoms with E-state index in [9.17, 15) is 4.79 Å². The topological polar surface area (TPSA) is 64.4 Å². The summed E-state index contributed by atoms with van der Waals surface area (Å²) in [5.41, 5.74) is 5.75. The standard InChI is InChI=1S/C14H22N2O2/c1-10(2)13(15)14(17)16-9-11(3)18-12-7-5-4-6-8-12/h4-8,10-11,13H,9,15H2,1-3H3,(H,16,17)/t11?,13-/m0/s1. The van der Waals surface area contributed by atoms with E-state index in [1.807, 2.05) is 51.1 Å². The van der Waals surface area contributed by atoms with E-state index in [1.165, 1.54) is 0 Å². The number of ether oxygens (including phenoxy) is 1. The second kappa shape index (κ2) is 7.01. The molecule has 1 unspecified atom stereocenters. The number of hydrogen-bond donors (Lipinski definition) is 2. The Labute approximate surface area is 109 Å². The zero-order chi connectivity index (χ0) is 13.5. The molecule has 0 heterocycles. The van der Waals surface area contributed by atoms with E-state index in [2.05, 4.69) is 5.32 Å².